The molecule has 0 aromatic rings. The van der Waals surface area contributed by atoms with Crippen molar-refractivity contribution < 1.29 is 4.79 Å². The lowest BCUT2D eigenvalue weighted by Gasteiger charge is -2.00. The lowest BCUT2D eigenvalue weighted by Crippen LogP contribution is -2.29. The number of nitrogens with one attached hydrogen (secondary N) is 1. The van der Waals surface area contributed by atoms with Crippen LogP contribution in [-0.2, 0) is 4.79 Å². The fourth-order valence-corrected chi connectivity index (χ4v) is 1.07. The van der Waals surface area contributed by atoms with Crippen LogP contribution in [0.2, 0.25) is 0 Å². The van der Waals surface area contributed by atoms with Crippen LogP contribution >= 0.6 is 12.2 Å². The Labute approximate surface area is 71.3 Å². The summed E-state index contributed by atoms with van der Waals surface area (Å²) in [5.41, 5.74) is 5.19. The number of hydrogen-bond acceptors (Lipinski definition) is 2. The van der Waals surface area contributed by atoms with E-state index in [9.17, 15) is 4.79 Å². The molecule has 0 heterocycles. The second kappa shape index (κ2) is 3.17. The minimum atomic E-state index is -0.0492. The smallest absolute Gasteiger partial charge is 0.227 e. The Morgan fingerprint density at radius 1 is 1.82 bits per heavy atom. The molecule has 3 nitrogen and oxygen atoms in total. The van der Waals surface area contributed by atoms with E-state index < -0.39 is 0 Å². The Morgan fingerprint density at radius 3 is 2.73 bits per heavy atom. The first kappa shape index (κ1) is 8.46. The Bertz CT molecular complexity index is 193. The van der Waals surface area contributed by atoms with Gasteiger partial charge < -0.3 is 11.1 Å². The molecule has 0 aliphatic heterocycles. The number of carbonyl (C=O) groups excluding carboxylic acids is 1. The molecule has 1 fully saturated rings. The van der Waals surface area contributed by atoms with E-state index in [1.54, 1.807) is 0 Å². The first-order valence-corrected chi connectivity index (χ1v) is 4.08. The summed E-state index contributed by atoms with van der Waals surface area (Å²) < 4.78 is 0. The molecule has 1 rings (SSSR count). The Kier molecular flexibility index (Phi) is 2.44. The van der Waals surface area contributed by atoms with Crippen molar-refractivity contribution in [3.63, 3.8) is 0 Å². The van der Waals surface area contributed by atoms with Crippen LogP contribution in [-0.4, -0.2) is 16.9 Å². The monoisotopic (exact) mass is 172 g/mol. The summed E-state index contributed by atoms with van der Waals surface area (Å²) in [4.78, 5) is 11.2. The Balaban J connectivity index is 2.16. The first-order valence-electron chi connectivity index (χ1n) is 3.67. The van der Waals surface area contributed by atoms with Gasteiger partial charge in [-0.25, -0.2) is 0 Å². The highest BCUT2D eigenvalue weighted by Crippen LogP contribution is 2.28. The Hall–Kier alpha value is -0.640. The third-order valence-electron chi connectivity index (χ3n) is 1.79. The van der Waals surface area contributed by atoms with Gasteiger partial charge in [0.2, 0.25) is 5.91 Å². The van der Waals surface area contributed by atoms with E-state index in [1.807, 2.05) is 0 Å². The molecule has 11 heavy (non-hydrogen) atoms. The van der Waals surface area contributed by atoms with Gasteiger partial charge in [-0.3, -0.25) is 4.79 Å². The second-order valence-electron chi connectivity index (χ2n) is 3.03. The van der Waals surface area contributed by atoms with E-state index in [-0.39, 0.29) is 17.3 Å². The summed E-state index contributed by atoms with van der Waals surface area (Å²) in [5.74, 6) is 0.581. The first-order chi connectivity index (χ1) is 5.09. The van der Waals surface area contributed by atoms with Crippen molar-refractivity contribution in [3.05, 3.63) is 0 Å². The zero-order chi connectivity index (χ0) is 8.43. The highest BCUT2D eigenvalue weighted by Gasteiger charge is 2.33. The molecule has 0 aromatic heterocycles. The quantitative estimate of drug-likeness (QED) is 0.597. The lowest BCUT2D eigenvalue weighted by atomic mass is 10.4. The zero-order valence-electron chi connectivity index (χ0n) is 6.46. The molecule has 1 saturated carbocycles. The van der Waals surface area contributed by atoms with Crippen molar-refractivity contribution in [2.45, 2.75) is 25.8 Å². The number of carbonyl (C=O) groups is 1. The van der Waals surface area contributed by atoms with Crippen LogP contribution in [0.25, 0.3) is 0 Å². The predicted octanol–water partition coefficient (Wildman–Crippen LogP) is 0.187. The molecule has 2 atom stereocenters. The molecule has 62 valence electrons. The number of nitrogens with two attached hydrogens (primary N) is 1. The van der Waals surface area contributed by atoms with Crippen LogP contribution in [0.5, 0.6) is 0 Å². The molecule has 0 saturated heterocycles. The maximum absolute atomic E-state index is 11.0. The average Bonchev–Trinajstić information content (AvgIpc) is 2.43. The highest BCUT2D eigenvalue weighted by atomic mass is 32.1. The van der Waals surface area contributed by atoms with Crippen LogP contribution in [0.15, 0.2) is 0 Å². The van der Waals surface area contributed by atoms with Crippen LogP contribution in [0.3, 0.4) is 0 Å². The zero-order valence-corrected chi connectivity index (χ0v) is 7.28. The lowest BCUT2D eigenvalue weighted by molar-refractivity contribution is -0.120. The maximum Gasteiger partial charge on any atom is 0.227 e. The Morgan fingerprint density at radius 2 is 2.36 bits per heavy atom. The minimum Gasteiger partial charge on any atom is -0.393 e. The van der Waals surface area contributed by atoms with Gasteiger partial charge in [0.1, 0.15) is 0 Å². The number of rotatable bonds is 3. The average molecular weight is 172 g/mol. The van der Waals surface area contributed by atoms with E-state index in [1.165, 1.54) is 0 Å². The van der Waals surface area contributed by atoms with Gasteiger partial charge in [-0.1, -0.05) is 19.1 Å². The molecule has 0 bridgehead atoms. The van der Waals surface area contributed by atoms with Crippen molar-refractivity contribution in [2.24, 2.45) is 11.7 Å². The molecule has 3 N–H and O–H groups in total. The van der Waals surface area contributed by atoms with Crippen molar-refractivity contribution in [3.8, 4) is 0 Å². The van der Waals surface area contributed by atoms with E-state index in [4.69, 9.17) is 5.73 Å². The summed E-state index contributed by atoms with van der Waals surface area (Å²) in [6.07, 6.45) is 1.27. The molecule has 1 aliphatic rings. The van der Waals surface area contributed by atoms with Gasteiger partial charge in [-0.05, 0) is 12.3 Å². The molecular formula is C7H12N2OS. The summed E-state index contributed by atoms with van der Waals surface area (Å²) in [6, 6.07) is 0.372. The van der Waals surface area contributed by atoms with Crippen LogP contribution in [0.4, 0.5) is 0 Å². The number of hydrogen-bond donors (Lipinski definition) is 2. The van der Waals surface area contributed by atoms with Crippen LogP contribution in [0.1, 0.15) is 19.8 Å². The third kappa shape index (κ3) is 2.84. The molecule has 1 amide bonds. The molecule has 0 aromatic carbocycles. The molecule has 0 radical (unpaired) electrons. The third-order valence-corrected chi connectivity index (χ3v) is 1.93. The van der Waals surface area contributed by atoms with Crippen LogP contribution < -0.4 is 11.1 Å². The molecule has 1 aliphatic carbocycles. The molecule has 0 spiro atoms. The van der Waals surface area contributed by atoms with Gasteiger partial charge in [0, 0.05) is 6.04 Å². The van der Waals surface area contributed by atoms with E-state index in [0.717, 1.165) is 6.42 Å². The minimum absolute atomic E-state index is 0.0492. The van der Waals surface area contributed by atoms with Crippen molar-refractivity contribution in [1.82, 2.24) is 5.32 Å². The number of amides is 1. The van der Waals surface area contributed by atoms with Crippen molar-refractivity contribution in [1.29, 1.82) is 0 Å². The van der Waals surface area contributed by atoms with Crippen molar-refractivity contribution >= 4 is 23.1 Å². The summed E-state index contributed by atoms with van der Waals surface area (Å²) in [7, 11) is 0. The van der Waals surface area contributed by atoms with E-state index in [0.29, 0.717) is 12.0 Å². The van der Waals surface area contributed by atoms with Crippen LogP contribution in [0, 0.1) is 5.92 Å². The molecular weight excluding hydrogens is 160 g/mol. The van der Waals surface area contributed by atoms with Gasteiger partial charge in [0.05, 0.1) is 11.4 Å². The number of thiocarbonyl (C=S) groups is 1. The molecule has 2 unspecified atom stereocenters. The topological polar surface area (TPSA) is 55.1 Å². The highest BCUT2D eigenvalue weighted by molar-refractivity contribution is 7.80. The normalized spacial score (nSPS) is 27.7. The SMILES string of the molecule is CC1CC1NC(=O)CC(N)=S. The summed E-state index contributed by atoms with van der Waals surface area (Å²) in [5, 5.41) is 2.83. The predicted molar refractivity (Wildman–Crippen MR) is 47.1 cm³/mol. The maximum atomic E-state index is 11.0. The van der Waals surface area contributed by atoms with E-state index >= 15 is 0 Å². The molecule has 4 heteroatoms. The van der Waals surface area contributed by atoms with Gasteiger partial charge >= 0.3 is 0 Å². The van der Waals surface area contributed by atoms with Gasteiger partial charge in [-0.2, -0.15) is 0 Å². The van der Waals surface area contributed by atoms with Gasteiger partial charge in [0.25, 0.3) is 0 Å². The van der Waals surface area contributed by atoms with Crippen molar-refractivity contribution in [2.75, 3.05) is 0 Å². The summed E-state index contributed by atoms with van der Waals surface area (Å²) in [6.45, 7) is 2.10. The fraction of sp³-hybridized carbons (Fsp3) is 0.714. The second-order valence-corrected chi connectivity index (χ2v) is 3.55. The van der Waals surface area contributed by atoms with Gasteiger partial charge in [-0.15, -0.1) is 0 Å². The van der Waals surface area contributed by atoms with E-state index in [2.05, 4.69) is 24.5 Å². The largest absolute Gasteiger partial charge is 0.393 e. The fourth-order valence-electron chi connectivity index (χ4n) is 0.939. The standard InChI is InChI=1S/C7H12N2OS/c1-4-2-5(4)9-7(10)3-6(8)11/h4-5H,2-3H2,1H3,(H2,8,11)(H,9,10). The summed E-state index contributed by atoms with van der Waals surface area (Å²) >= 11 is 4.59. The van der Waals surface area contributed by atoms with Gasteiger partial charge in [0.15, 0.2) is 0 Å².